The van der Waals surface area contributed by atoms with Crippen LogP contribution in [0.25, 0.3) is 0 Å². The standard InChI is InChI=1S/C29H37NO4/c1-18-7-6-8-26-28(18,3)12-11-19(2)29(26,4)16-21-14-22(31)15-23(27(21)33)30-17-20-9-10-24(32)25(13-20)34-5/h7,9-10,13-15,19,26,30,32H,6,8,11-12,16-17H2,1-5H3/t19-,26+,28+,29+/m0/s1. The van der Waals surface area contributed by atoms with Crippen molar-refractivity contribution in [3.63, 3.8) is 0 Å². The highest BCUT2D eigenvalue weighted by Gasteiger charge is 2.53. The van der Waals surface area contributed by atoms with Crippen LogP contribution in [0.15, 0.2) is 53.3 Å². The Morgan fingerprint density at radius 3 is 2.68 bits per heavy atom. The first-order valence-electron chi connectivity index (χ1n) is 12.4. The Labute approximate surface area is 203 Å². The summed E-state index contributed by atoms with van der Waals surface area (Å²) in [6, 6.07) is 5.05. The zero-order valence-corrected chi connectivity index (χ0v) is 21.0. The fourth-order valence-electron chi connectivity index (χ4n) is 6.57. The van der Waals surface area contributed by atoms with Crippen molar-refractivity contribution in [3.05, 3.63) is 58.8 Å². The molecule has 0 bridgehead atoms. The molecule has 0 amide bonds. The second kappa shape index (κ2) is 9.09. The Morgan fingerprint density at radius 2 is 1.94 bits per heavy atom. The lowest BCUT2D eigenvalue weighted by Gasteiger charge is -2.58. The predicted octanol–water partition coefficient (Wildman–Crippen LogP) is 5.64. The van der Waals surface area contributed by atoms with Crippen LogP contribution in [0.2, 0.25) is 0 Å². The van der Waals surface area contributed by atoms with E-state index in [1.165, 1.54) is 25.2 Å². The molecule has 2 N–H and O–H groups in total. The SMILES string of the molecule is COc1cc(CNC2=CC(=O)C=C(C[C@]3(C)[C@@H](C)CC[C@]4(C)C(C)=CCC[C@@H]34)C2=O)ccc1O. The number of phenols is 1. The van der Waals surface area contributed by atoms with Gasteiger partial charge < -0.3 is 15.2 Å². The normalized spacial score (nSPS) is 31.3. The third-order valence-electron chi connectivity index (χ3n) is 9.03. The Morgan fingerprint density at radius 1 is 1.18 bits per heavy atom. The number of allylic oxidation sites excluding steroid dienone is 5. The van der Waals surface area contributed by atoms with Crippen molar-refractivity contribution < 1.29 is 19.4 Å². The minimum absolute atomic E-state index is 0.0446. The zero-order chi connectivity index (χ0) is 24.7. The van der Waals surface area contributed by atoms with E-state index in [4.69, 9.17) is 4.74 Å². The molecule has 1 aromatic rings. The van der Waals surface area contributed by atoms with Gasteiger partial charge in [0, 0.05) is 18.2 Å². The Balaban J connectivity index is 1.53. The van der Waals surface area contributed by atoms with Gasteiger partial charge in [-0.3, -0.25) is 9.59 Å². The van der Waals surface area contributed by atoms with Crippen molar-refractivity contribution in [3.8, 4) is 11.5 Å². The topological polar surface area (TPSA) is 75.6 Å². The van der Waals surface area contributed by atoms with E-state index in [-0.39, 0.29) is 28.1 Å². The summed E-state index contributed by atoms with van der Waals surface area (Å²) in [7, 11) is 1.50. The molecule has 0 saturated heterocycles. The quantitative estimate of drug-likeness (QED) is 0.422. The van der Waals surface area contributed by atoms with Crippen LogP contribution in [0.5, 0.6) is 11.5 Å². The van der Waals surface area contributed by atoms with Gasteiger partial charge in [0.2, 0.25) is 5.78 Å². The lowest BCUT2D eigenvalue weighted by atomic mass is 9.46. The summed E-state index contributed by atoms with van der Waals surface area (Å²) in [6.45, 7) is 9.67. The van der Waals surface area contributed by atoms with Crippen LogP contribution >= 0.6 is 0 Å². The van der Waals surface area contributed by atoms with Gasteiger partial charge in [-0.05, 0) is 85.5 Å². The number of nitrogens with one attached hydrogen (secondary N) is 1. The molecule has 4 rings (SSSR count). The van der Waals surface area contributed by atoms with Crippen LogP contribution in [0.1, 0.15) is 65.4 Å². The zero-order valence-electron chi connectivity index (χ0n) is 21.0. The van der Waals surface area contributed by atoms with E-state index in [1.807, 2.05) is 0 Å². The number of benzene rings is 1. The molecular weight excluding hydrogens is 426 g/mol. The first kappa shape index (κ1) is 24.3. The van der Waals surface area contributed by atoms with E-state index >= 15 is 0 Å². The fourth-order valence-corrected chi connectivity index (χ4v) is 6.57. The first-order chi connectivity index (χ1) is 16.1. The van der Waals surface area contributed by atoms with Crippen LogP contribution in [-0.4, -0.2) is 23.8 Å². The van der Waals surface area contributed by atoms with Gasteiger partial charge in [-0.25, -0.2) is 0 Å². The van der Waals surface area contributed by atoms with Crippen LogP contribution in [0.4, 0.5) is 0 Å². The smallest absolute Gasteiger partial charge is 0.205 e. The third kappa shape index (κ3) is 4.21. The van der Waals surface area contributed by atoms with E-state index < -0.39 is 0 Å². The Bertz CT molecular complexity index is 1100. The molecule has 182 valence electrons. The number of hydrogen-bond donors (Lipinski definition) is 2. The molecule has 1 saturated carbocycles. The minimum Gasteiger partial charge on any atom is -0.504 e. The summed E-state index contributed by atoms with van der Waals surface area (Å²) in [5.41, 5.74) is 3.40. The highest BCUT2D eigenvalue weighted by Crippen LogP contribution is 2.62. The molecule has 5 nitrogen and oxygen atoms in total. The second-order valence-corrected chi connectivity index (χ2v) is 10.9. The lowest BCUT2D eigenvalue weighted by Crippen LogP contribution is -2.50. The largest absolute Gasteiger partial charge is 0.504 e. The van der Waals surface area contributed by atoms with Crippen molar-refractivity contribution in [2.45, 2.75) is 66.3 Å². The average molecular weight is 464 g/mol. The Kier molecular flexibility index (Phi) is 6.50. The van der Waals surface area contributed by atoms with Crippen LogP contribution in [-0.2, 0) is 16.1 Å². The molecule has 5 heteroatoms. The molecule has 3 aliphatic carbocycles. The molecular formula is C29H37NO4. The molecule has 0 unspecified atom stereocenters. The number of methoxy groups -OCH3 is 1. The lowest BCUT2D eigenvalue weighted by molar-refractivity contribution is -0.116. The summed E-state index contributed by atoms with van der Waals surface area (Å²) in [4.78, 5) is 26.1. The molecule has 1 aromatic carbocycles. The van der Waals surface area contributed by atoms with E-state index in [2.05, 4.69) is 39.1 Å². The number of carbonyl (C=O) groups is 2. The number of hydrogen-bond acceptors (Lipinski definition) is 5. The Hall–Kier alpha value is -2.82. The molecule has 1 fully saturated rings. The van der Waals surface area contributed by atoms with Gasteiger partial charge in [0.25, 0.3) is 0 Å². The van der Waals surface area contributed by atoms with Gasteiger partial charge >= 0.3 is 0 Å². The molecule has 0 aromatic heterocycles. The van der Waals surface area contributed by atoms with Crippen LogP contribution in [0, 0.1) is 22.7 Å². The fraction of sp³-hybridized carbons (Fsp3) is 0.517. The van der Waals surface area contributed by atoms with Gasteiger partial charge in [-0.2, -0.15) is 0 Å². The van der Waals surface area contributed by atoms with E-state index in [9.17, 15) is 14.7 Å². The van der Waals surface area contributed by atoms with E-state index in [1.54, 1.807) is 24.3 Å². The summed E-state index contributed by atoms with van der Waals surface area (Å²) in [5, 5.41) is 13.0. The maximum absolute atomic E-state index is 13.5. The number of fused-ring (bicyclic) bond motifs is 1. The monoisotopic (exact) mass is 463 g/mol. The van der Waals surface area contributed by atoms with E-state index in [0.717, 1.165) is 24.8 Å². The van der Waals surface area contributed by atoms with Crippen LogP contribution in [0.3, 0.4) is 0 Å². The van der Waals surface area contributed by atoms with Crippen LogP contribution < -0.4 is 10.1 Å². The number of carbonyl (C=O) groups excluding carboxylic acids is 2. The molecule has 0 radical (unpaired) electrons. The maximum Gasteiger partial charge on any atom is 0.205 e. The van der Waals surface area contributed by atoms with Gasteiger partial charge in [0.05, 0.1) is 12.8 Å². The molecule has 0 aliphatic heterocycles. The second-order valence-electron chi connectivity index (χ2n) is 10.9. The van der Waals surface area contributed by atoms with Crippen molar-refractivity contribution in [1.29, 1.82) is 0 Å². The molecule has 0 spiro atoms. The number of ketones is 2. The summed E-state index contributed by atoms with van der Waals surface area (Å²) < 4.78 is 5.17. The number of aromatic hydroxyl groups is 1. The maximum atomic E-state index is 13.5. The molecule has 0 heterocycles. The number of ether oxygens (including phenoxy) is 1. The highest BCUT2D eigenvalue weighted by molar-refractivity contribution is 6.20. The van der Waals surface area contributed by atoms with Gasteiger partial charge in [-0.1, -0.05) is 38.5 Å². The van der Waals surface area contributed by atoms with Crippen molar-refractivity contribution in [2.24, 2.45) is 22.7 Å². The predicted molar refractivity (Wildman–Crippen MR) is 133 cm³/mol. The van der Waals surface area contributed by atoms with Crippen molar-refractivity contribution in [1.82, 2.24) is 5.32 Å². The van der Waals surface area contributed by atoms with E-state index in [0.29, 0.717) is 41.8 Å². The molecule has 4 atom stereocenters. The van der Waals surface area contributed by atoms with Crippen molar-refractivity contribution in [2.75, 3.05) is 7.11 Å². The molecule has 34 heavy (non-hydrogen) atoms. The minimum atomic E-state index is -0.144. The number of phenolic OH excluding ortho intramolecular Hbond substituents is 1. The van der Waals surface area contributed by atoms with Gasteiger partial charge in [0.15, 0.2) is 17.3 Å². The first-order valence-corrected chi connectivity index (χ1v) is 12.4. The number of rotatable bonds is 6. The summed E-state index contributed by atoms with van der Waals surface area (Å²) in [6.07, 6.45) is 10.5. The summed E-state index contributed by atoms with van der Waals surface area (Å²) in [5.74, 6) is 1.17. The molecule has 3 aliphatic rings. The summed E-state index contributed by atoms with van der Waals surface area (Å²) >= 11 is 0. The highest BCUT2D eigenvalue weighted by atomic mass is 16.5. The van der Waals surface area contributed by atoms with Gasteiger partial charge in [-0.15, -0.1) is 0 Å². The average Bonchev–Trinajstić information content (AvgIpc) is 2.80. The van der Waals surface area contributed by atoms with Crippen molar-refractivity contribution >= 4 is 11.6 Å². The third-order valence-corrected chi connectivity index (χ3v) is 9.03. The van der Waals surface area contributed by atoms with Gasteiger partial charge in [0.1, 0.15) is 0 Å². The number of Topliss-reactive ketones (excluding diaryl/α,β-unsaturated/α-hetero) is 1.